The Bertz CT molecular complexity index is 1380. The van der Waals surface area contributed by atoms with Crippen molar-refractivity contribution in [2.45, 2.75) is 59.2 Å². The van der Waals surface area contributed by atoms with Crippen molar-refractivity contribution in [3.8, 4) is 17.5 Å². The van der Waals surface area contributed by atoms with Gasteiger partial charge in [0.2, 0.25) is 11.8 Å². The smallest absolute Gasteiger partial charge is 0.410 e. The molecule has 2 aliphatic heterocycles. The number of piperidine rings is 1. The first-order valence-electron chi connectivity index (χ1n) is 13.6. The third-order valence-corrected chi connectivity index (χ3v) is 7.11. The van der Waals surface area contributed by atoms with Crippen molar-refractivity contribution in [3.05, 3.63) is 46.6 Å². The number of thioether (sulfide) groups is 1. The largest absolute Gasteiger partial charge is 0.474 e. The molecule has 0 saturated carbocycles. The van der Waals surface area contributed by atoms with Crippen LogP contribution in [0.15, 0.2) is 35.5 Å². The Hall–Kier alpha value is -4.13. The van der Waals surface area contributed by atoms with Crippen molar-refractivity contribution in [3.63, 3.8) is 0 Å². The van der Waals surface area contributed by atoms with E-state index in [1.807, 2.05) is 20.8 Å². The minimum absolute atomic E-state index is 0.132. The average Bonchev–Trinajstić information content (AvgIpc) is 3.18. The van der Waals surface area contributed by atoms with Crippen LogP contribution in [-0.4, -0.2) is 80.9 Å². The highest BCUT2D eigenvalue weighted by Crippen LogP contribution is 2.34. The van der Waals surface area contributed by atoms with Gasteiger partial charge in [0.25, 0.3) is 11.1 Å². The number of imide groups is 1. The number of esters is 1. The molecule has 1 aromatic carbocycles. The van der Waals surface area contributed by atoms with Crippen molar-refractivity contribution in [1.29, 1.82) is 0 Å². The lowest BCUT2D eigenvalue weighted by Crippen LogP contribution is -2.44. The molecule has 3 amide bonds. The Balaban J connectivity index is 1.39. The summed E-state index contributed by atoms with van der Waals surface area (Å²) in [5.74, 6) is -0.0609. The van der Waals surface area contributed by atoms with Crippen LogP contribution in [0, 0.1) is 6.92 Å². The fraction of sp³-hybridized carbons (Fsp3) is 0.448. The number of nitrogens with zero attached hydrogens (tertiary/aromatic N) is 4. The van der Waals surface area contributed by atoms with Gasteiger partial charge in [-0.05, 0) is 70.2 Å². The number of rotatable bonds is 8. The third kappa shape index (κ3) is 7.99. The second kappa shape index (κ2) is 13.2. The summed E-state index contributed by atoms with van der Waals surface area (Å²) in [5.41, 5.74) is 0.681. The molecule has 12 nitrogen and oxygen atoms in total. The van der Waals surface area contributed by atoms with Gasteiger partial charge in [-0.1, -0.05) is 12.1 Å². The van der Waals surface area contributed by atoms with Crippen molar-refractivity contribution >= 4 is 41.0 Å². The van der Waals surface area contributed by atoms with E-state index >= 15 is 0 Å². The van der Waals surface area contributed by atoms with E-state index < -0.39 is 29.3 Å². The van der Waals surface area contributed by atoms with E-state index in [9.17, 15) is 19.2 Å². The fourth-order valence-electron chi connectivity index (χ4n) is 4.18. The van der Waals surface area contributed by atoms with Gasteiger partial charge in [-0.2, -0.15) is 0 Å². The van der Waals surface area contributed by atoms with Gasteiger partial charge in [0.05, 0.1) is 17.1 Å². The maximum Gasteiger partial charge on any atom is 0.410 e. The summed E-state index contributed by atoms with van der Waals surface area (Å²) >= 11 is 0.755. The van der Waals surface area contributed by atoms with Crippen molar-refractivity contribution in [2.24, 2.45) is 0 Å². The van der Waals surface area contributed by atoms with Crippen LogP contribution < -0.4 is 9.47 Å². The van der Waals surface area contributed by atoms with Crippen LogP contribution in [-0.2, 0) is 19.1 Å². The molecule has 2 saturated heterocycles. The van der Waals surface area contributed by atoms with Gasteiger partial charge in [-0.3, -0.25) is 19.3 Å². The Morgan fingerprint density at radius 2 is 1.83 bits per heavy atom. The van der Waals surface area contributed by atoms with E-state index in [0.717, 1.165) is 16.7 Å². The number of benzene rings is 1. The minimum atomic E-state index is -0.647. The topological polar surface area (TPSA) is 137 Å². The number of hydrogen-bond acceptors (Lipinski definition) is 11. The van der Waals surface area contributed by atoms with Gasteiger partial charge in [-0.25, -0.2) is 14.8 Å². The van der Waals surface area contributed by atoms with Gasteiger partial charge in [0, 0.05) is 25.9 Å². The van der Waals surface area contributed by atoms with Gasteiger partial charge in [0.15, 0.2) is 0 Å². The summed E-state index contributed by atoms with van der Waals surface area (Å²) < 4.78 is 22.5. The van der Waals surface area contributed by atoms with Crippen LogP contribution >= 0.6 is 11.8 Å². The summed E-state index contributed by atoms with van der Waals surface area (Å²) in [7, 11) is 0. The second-order valence-corrected chi connectivity index (χ2v) is 11.6. The van der Waals surface area contributed by atoms with Gasteiger partial charge < -0.3 is 23.8 Å². The van der Waals surface area contributed by atoms with Crippen LogP contribution in [0.1, 0.15) is 51.7 Å². The highest BCUT2D eigenvalue weighted by atomic mass is 32.2. The summed E-state index contributed by atoms with van der Waals surface area (Å²) in [6, 6.07) is 6.94. The molecule has 0 bridgehead atoms. The average molecular weight is 599 g/mol. The lowest BCUT2D eigenvalue weighted by Gasteiger charge is -2.33. The van der Waals surface area contributed by atoms with Crippen molar-refractivity contribution in [2.75, 3.05) is 26.2 Å². The predicted molar refractivity (Wildman–Crippen MR) is 154 cm³/mol. The molecular formula is C29H34N4O8S. The number of carbonyl (C=O) groups is 4. The molecule has 2 aliphatic rings. The molecule has 4 rings (SSSR count). The molecular weight excluding hydrogens is 564 g/mol. The highest BCUT2D eigenvalue weighted by molar-refractivity contribution is 8.18. The van der Waals surface area contributed by atoms with Crippen LogP contribution in [0.4, 0.5) is 9.59 Å². The van der Waals surface area contributed by atoms with E-state index in [1.54, 1.807) is 49.1 Å². The van der Waals surface area contributed by atoms with E-state index in [2.05, 4.69) is 9.97 Å². The lowest BCUT2D eigenvalue weighted by atomic mass is 10.1. The molecule has 0 aliphatic carbocycles. The molecule has 0 spiro atoms. The highest BCUT2D eigenvalue weighted by Gasteiger charge is 2.36. The molecule has 2 fully saturated rings. The van der Waals surface area contributed by atoms with Crippen molar-refractivity contribution < 1.29 is 38.1 Å². The molecule has 0 unspecified atom stereocenters. The quantitative estimate of drug-likeness (QED) is 0.301. The number of aromatic nitrogens is 2. The van der Waals surface area contributed by atoms with Crippen molar-refractivity contribution in [1.82, 2.24) is 19.8 Å². The molecule has 1 aromatic heterocycles. The van der Waals surface area contributed by atoms with Crippen LogP contribution in [0.2, 0.25) is 0 Å². The normalized spacial score (nSPS) is 17.0. The summed E-state index contributed by atoms with van der Waals surface area (Å²) in [6.45, 7) is 9.72. The Kier molecular flexibility index (Phi) is 9.71. The van der Waals surface area contributed by atoms with Crippen LogP contribution in [0.3, 0.4) is 0 Å². The summed E-state index contributed by atoms with van der Waals surface area (Å²) in [6.07, 6.45) is 3.72. The monoisotopic (exact) mass is 598 g/mol. The third-order valence-electron chi connectivity index (χ3n) is 6.20. The lowest BCUT2D eigenvalue weighted by molar-refractivity contribution is -0.145. The summed E-state index contributed by atoms with van der Waals surface area (Å²) in [4.78, 5) is 60.4. The van der Waals surface area contributed by atoms with E-state index in [1.165, 1.54) is 6.33 Å². The number of likely N-dealkylation sites (tertiary alicyclic amines) is 1. The minimum Gasteiger partial charge on any atom is -0.474 e. The second-order valence-electron chi connectivity index (χ2n) is 10.6. The van der Waals surface area contributed by atoms with E-state index in [4.69, 9.17) is 18.9 Å². The van der Waals surface area contributed by atoms with Crippen LogP contribution in [0.5, 0.6) is 17.5 Å². The van der Waals surface area contributed by atoms with Gasteiger partial charge in [-0.15, -0.1) is 0 Å². The Labute approximate surface area is 248 Å². The first kappa shape index (κ1) is 30.8. The molecule has 42 heavy (non-hydrogen) atoms. The fourth-order valence-corrected chi connectivity index (χ4v) is 5.02. The van der Waals surface area contributed by atoms with Gasteiger partial charge >= 0.3 is 12.1 Å². The molecule has 13 heteroatoms. The molecule has 0 N–H and O–H groups in total. The Morgan fingerprint density at radius 3 is 2.52 bits per heavy atom. The van der Waals surface area contributed by atoms with E-state index in [-0.39, 0.29) is 23.7 Å². The molecule has 224 valence electrons. The zero-order chi connectivity index (χ0) is 30.4. The predicted octanol–water partition coefficient (Wildman–Crippen LogP) is 4.96. The molecule has 3 heterocycles. The standard InChI is InChI=1S/C29H34N4O8S/c1-6-38-23(34)16-33-26(35)22(42-28(33)37)15-19-8-7-9-21(14-19)40-25-18(2)24(30-17-31-25)39-20-10-12-32(13-11-20)27(36)41-29(3,4)5/h7-9,14-15,17,20H,6,10-13,16H2,1-5H3/b22-15-. The summed E-state index contributed by atoms with van der Waals surface area (Å²) in [5, 5.41) is -0.536. The molecule has 0 radical (unpaired) electrons. The first-order chi connectivity index (χ1) is 19.9. The maximum atomic E-state index is 12.7. The molecule has 0 atom stereocenters. The zero-order valence-electron chi connectivity index (χ0n) is 24.2. The van der Waals surface area contributed by atoms with Gasteiger partial charge in [0.1, 0.15) is 30.3 Å². The SMILES string of the molecule is CCOC(=O)CN1C(=O)S/C(=C\c2cccc(Oc3ncnc(OC4CCN(C(=O)OC(C)(C)C)CC4)c3C)c2)C1=O. The number of amides is 3. The number of hydrogen-bond donors (Lipinski definition) is 0. The molecule has 2 aromatic rings. The number of carbonyl (C=O) groups excluding carboxylic acids is 4. The zero-order valence-corrected chi connectivity index (χ0v) is 25.1. The maximum absolute atomic E-state index is 12.7. The Morgan fingerprint density at radius 1 is 1.12 bits per heavy atom. The van der Waals surface area contributed by atoms with Crippen LogP contribution in [0.25, 0.3) is 6.08 Å². The first-order valence-corrected chi connectivity index (χ1v) is 14.4. The van der Waals surface area contributed by atoms with E-state index in [0.29, 0.717) is 54.6 Å². The number of ether oxygens (including phenoxy) is 4.